The van der Waals surface area contributed by atoms with Crippen LogP contribution >= 0.6 is 0 Å². The van der Waals surface area contributed by atoms with E-state index in [0.29, 0.717) is 18.3 Å². The predicted octanol–water partition coefficient (Wildman–Crippen LogP) is 1.77. The molecule has 1 aromatic rings. The zero-order valence-corrected chi connectivity index (χ0v) is 11.6. The van der Waals surface area contributed by atoms with Gasteiger partial charge in [-0.05, 0) is 32.4 Å². The Morgan fingerprint density at radius 1 is 1.63 bits per heavy atom. The van der Waals surface area contributed by atoms with Gasteiger partial charge >= 0.3 is 5.97 Å². The summed E-state index contributed by atoms with van der Waals surface area (Å²) >= 11 is 0. The van der Waals surface area contributed by atoms with E-state index in [1.165, 1.54) is 26.2 Å². The second-order valence-electron chi connectivity index (χ2n) is 5.16. The first-order valence-electron chi connectivity index (χ1n) is 6.77. The molecule has 0 aromatic carbocycles. The highest BCUT2D eigenvalue weighted by Crippen LogP contribution is 2.23. The molecule has 1 aromatic heterocycles. The molecule has 2 rings (SSSR count). The second-order valence-corrected chi connectivity index (χ2v) is 5.16. The van der Waals surface area contributed by atoms with Crippen LogP contribution in [0.5, 0.6) is 0 Å². The van der Waals surface area contributed by atoms with Crippen LogP contribution in [0.25, 0.3) is 0 Å². The monoisotopic (exact) mass is 266 g/mol. The smallest absolute Gasteiger partial charge is 0.374 e. The van der Waals surface area contributed by atoms with E-state index < -0.39 is 5.97 Å². The quantitative estimate of drug-likeness (QED) is 0.841. The summed E-state index contributed by atoms with van der Waals surface area (Å²) in [6.45, 7) is 3.74. The number of furan rings is 1. The summed E-state index contributed by atoms with van der Waals surface area (Å²) in [7, 11) is 1.36. The van der Waals surface area contributed by atoms with E-state index >= 15 is 0 Å². The van der Waals surface area contributed by atoms with Crippen LogP contribution < -0.4 is 5.73 Å². The second kappa shape index (κ2) is 6.21. The van der Waals surface area contributed by atoms with Crippen LogP contribution in [0.3, 0.4) is 0 Å². The van der Waals surface area contributed by atoms with Gasteiger partial charge in [-0.2, -0.15) is 0 Å². The SMILES string of the molecule is COC(=O)c1occc1CN1CCCCC1C(C)N. The molecule has 5 heteroatoms. The number of nitrogens with zero attached hydrogens (tertiary/aromatic N) is 1. The molecule has 2 unspecified atom stereocenters. The first-order chi connectivity index (χ1) is 9.13. The third-order valence-electron chi connectivity index (χ3n) is 3.76. The van der Waals surface area contributed by atoms with Crippen LogP contribution in [0.2, 0.25) is 0 Å². The molecule has 2 atom stereocenters. The average Bonchev–Trinajstić information content (AvgIpc) is 2.86. The standard InChI is InChI=1S/C14H22N2O3/c1-10(15)12-5-3-4-7-16(12)9-11-6-8-19-13(11)14(17)18-2/h6,8,10,12H,3-5,7,9,15H2,1-2H3. The van der Waals surface area contributed by atoms with Crippen molar-refractivity contribution < 1.29 is 13.9 Å². The molecule has 1 aliphatic rings. The van der Waals surface area contributed by atoms with E-state index in [1.54, 1.807) is 0 Å². The maximum Gasteiger partial charge on any atom is 0.374 e. The van der Waals surface area contributed by atoms with Crippen molar-refractivity contribution >= 4 is 5.97 Å². The average molecular weight is 266 g/mol. The minimum Gasteiger partial charge on any atom is -0.463 e. The number of methoxy groups -OCH3 is 1. The number of hydrogen-bond donors (Lipinski definition) is 1. The number of likely N-dealkylation sites (tertiary alicyclic amines) is 1. The van der Waals surface area contributed by atoms with Gasteiger partial charge in [-0.15, -0.1) is 0 Å². The zero-order valence-electron chi connectivity index (χ0n) is 11.6. The molecule has 0 amide bonds. The number of carbonyl (C=O) groups is 1. The normalized spacial score (nSPS) is 22.2. The fraction of sp³-hybridized carbons (Fsp3) is 0.643. The molecule has 0 radical (unpaired) electrons. The van der Waals surface area contributed by atoms with Crippen molar-refractivity contribution in [3.63, 3.8) is 0 Å². The van der Waals surface area contributed by atoms with E-state index in [1.807, 2.05) is 13.0 Å². The molecule has 106 valence electrons. The van der Waals surface area contributed by atoms with Gasteiger partial charge < -0.3 is 14.9 Å². The van der Waals surface area contributed by atoms with Gasteiger partial charge in [0.1, 0.15) is 0 Å². The topological polar surface area (TPSA) is 68.7 Å². The van der Waals surface area contributed by atoms with Crippen molar-refractivity contribution in [1.29, 1.82) is 0 Å². The number of hydrogen-bond acceptors (Lipinski definition) is 5. The lowest BCUT2D eigenvalue weighted by Crippen LogP contribution is -2.48. The summed E-state index contributed by atoms with van der Waals surface area (Å²) in [6.07, 6.45) is 5.04. The van der Waals surface area contributed by atoms with Crippen molar-refractivity contribution in [1.82, 2.24) is 4.90 Å². The molecule has 19 heavy (non-hydrogen) atoms. The highest BCUT2D eigenvalue weighted by Gasteiger charge is 2.27. The Bertz CT molecular complexity index is 428. The highest BCUT2D eigenvalue weighted by molar-refractivity contribution is 5.87. The largest absolute Gasteiger partial charge is 0.463 e. The van der Waals surface area contributed by atoms with Gasteiger partial charge in [0.25, 0.3) is 0 Å². The van der Waals surface area contributed by atoms with E-state index in [4.69, 9.17) is 14.9 Å². The Balaban J connectivity index is 2.11. The molecule has 1 aliphatic heterocycles. The molecular weight excluding hydrogens is 244 g/mol. The van der Waals surface area contributed by atoms with Crippen molar-refractivity contribution in [2.45, 2.75) is 44.8 Å². The lowest BCUT2D eigenvalue weighted by molar-refractivity contribution is 0.0558. The van der Waals surface area contributed by atoms with Crippen LogP contribution in [0.15, 0.2) is 16.7 Å². The molecule has 0 spiro atoms. The summed E-state index contributed by atoms with van der Waals surface area (Å²) < 4.78 is 9.94. The number of nitrogens with two attached hydrogens (primary N) is 1. The number of rotatable bonds is 4. The lowest BCUT2D eigenvalue weighted by atomic mass is 9.96. The van der Waals surface area contributed by atoms with E-state index in [0.717, 1.165) is 18.5 Å². The van der Waals surface area contributed by atoms with Crippen LogP contribution in [-0.2, 0) is 11.3 Å². The molecule has 2 heterocycles. The Morgan fingerprint density at radius 2 is 2.42 bits per heavy atom. The number of piperidine rings is 1. The van der Waals surface area contributed by atoms with Crippen molar-refractivity contribution in [3.8, 4) is 0 Å². The minimum absolute atomic E-state index is 0.133. The maximum atomic E-state index is 11.6. The van der Waals surface area contributed by atoms with Gasteiger partial charge in [0.15, 0.2) is 0 Å². The van der Waals surface area contributed by atoms with Crippen molar-refractivity contribution in [2.24, 2.45) is 5.73 Å². The summed E-state index contributed by atoms with van der Waals surface area (Å²) in [5, 5.41) is 0. The molecule has 0 aliphatic carbocycles. The van der Waals surface area contributed by atoms with Crippen LogP contribution in [0.4, 0.5) is 0 Å². The molecule has 2 N–H and O–H groups in total. The Morgan fingerprint density at radius 3 is 3.11 bits per heavy atom. The van der Waals surface area contributed by atoms with E-state index in [9.17, 15) is 4.79 Å². The van der Waals surface area contributed by atoms with Crippen LogP contribution in [-0.4, -0.2) is 36.6 Å². The van der Waals surface area contributed by atoms with Gasteiger partial charge in [0.05, 0.1) is 13.4 Å². The Hall–Kier alpha value is -1.33. The Labute approximate surface area is 113 Å². The molecular formula is C14H22N2O3. The van der Waals surface area contributed by atoms with Gasteiger partial charge in [0, 0.05) is 24.2 Å². The molecule has 1 fully saturated rings. The molecule has 1 saturated heterocycles. The molecule has 0 bridgehead atoms. The highest BCUT2D eigenvalue weighted by atomic mass is 16.5. The van der Waals surface area contributed by atoms with Crippen molar-refractivity contribution in [2.75, 3.05) is 13.7 Å². The predicted molar refractivity (Wildman–Crippen MR) is 71.7 cm³/mol. The van der Waals surface area contributed by atoms with E-state index in [2.05, 4.69) is 4.90 Å². The lowest BCUT2D eigenvalue weighted by Gasteiger charge is -2.37. The van der Waals surface area contributed by atoms with Gasteiger partial charge in [-0.25, -0.2) is 4.79 Å². The van der Waals surface area contributed by atoms with Gasteiger partial charge in [-0.3, -0.25) is 4.90 Å². The number of carbonyl (C=O) groups excluding carboxylic acids is 1. The first kappa shape index (κ1) is 14.1. The number of esters is 1. The third-order valence-corrected chi connectivity index (χ3v) is 3.76. The number of ether oxygens (including phenoxy) is 1. The first-order valence-corrected chi connectivity index (χ1v) is 6.77. The van der Waals surface area contributed by atoms with Crippen molar-refractivity contribution in [3.05, 3.63) is 23.7 Å². The van der Waals surface area contributed by atoms with Gasteiger partial charge in [0.2, 0.25) is 5.76 Å². The van der Waals surface area contributed by atoms with Crippen LogP contribution in [0.1, 0.15) is 42.3 Å². The van der Waals surface area contributed by atoms with E-state index in [-0.39, 0.29) is 6.04 Å². The summed E-state index contributed by atoms with van der Waals surface area (Å²) in [4.78, 5) is 13.9. The van der Waals surface area contributed by atoms with Gasteiger partial charge in [-0.1, -0.05) is 6.42 Å². The fourth-order valence-electron chi connectivity index (χ4n) is 2.76. The molecule has 0 saturated carbocycles. The summed E-state index contributed by atoms with van der Waals surface area (Å²) in [6, 6.07) is 2.34. The minimum atomic E-state index is -0.422. The fourth-order valence-corrected chi connectivity index (χ4v) is 2.76. The zero-order chi connectivity index (χ0) is 13.8. The summed E-state index contributed by atoms with van der Waals surface area (Å²) in [5.74, 6) is -0.120. The molecule has 5 nitrogen and oxygen atoms in total. The van der Waals surface area contributed by atoms with Crippen LogP contribution in [0, 0.1) is 0 Å². The third kappa shape index (κ3) is 3.16. The summed E-state index contributed by atoms with van der Waals surface area (Å²) in [5.41, 5.74) is 6.93. The Kier molecular flexibility index (Phi) is 4.61. The maximum absolute atomic E-state index is 11.6.